The van der Waals surface area contributed by atoms with Crippen molar-refractivity contribution < 1.29 is 0 Å². The molecular formula is C14H20N4. The molecular weight excluding hydrogens is 224 g/mol. The van der Waals surface area contributed by atoms with Crippen molar-refractivity contribution in [2.75, 3.05) is 11.9 Å². The highest BCUT2D eigenvalue weighted by Crippen LogP contribution is 2.18. The molecule has 2 heterocycles. The second-order valence-electron chi connectivity index (χ2n) is 4.96. The first-order valence-corrected chi connectivity index (χ1v) is 6.29. The normalized spacial score (nSPS) is 10.9. The van der Waals surface area contributed by atoms with Gasteiger partial charge in [0, 0.05) is 18.9 Å². The lowest BCUT2D eigenvalue weighted by atomic mass is 10.2. The minimum atomic E-state index is 0.588. The van der Waals surface area contributed by atoms with Gasteiger partial charge in [-0.15, -0.1) is 0 Å². The van der Waals surface area contributed by atoms with Gasteiger partial charge in [0.05, 0.1) is 17.1 Å². The van der Waals surface area contributed by atoms with E-state index in [9.17, 15) is 0 Å². The van der Waals surface area contributed by atoms with Crippen LogP contribution in [-0.2, 0) is 0 Å². The molecule has 0 aliphatic rings. The van der Waals surface area contributed by atoms with Crippen molar-refractivity contribution >= 4 is 5.95 Å². The number of hydrogen-bond donors (Lipinski definition) is 1. The van der Waals surface area contributed by atoms with E-state index in [1.165, 1.54) is 0 Å². The molecule has 0 aromatic carbocycles. The van der Waals surface area contributed by atoms with Crippen LogP contribution < -0.4 is 5.32 Å². The van der Waals surface area contributed by atoms with Gasteiger partial charge < -0.3 is 5.32 Å². The van der Waals surface area contributed by atoms with Gasteiger partial charge in [-0.1, -0.05) is 13.8 Å². The number of rotatable bonds is 4. The van der Waals surface area contributed by atoms with Crippen LogP contribution in [0.3, 0.4) is 0 Å². The maximum Gasteiger partial charge on any atom is 0.207 e. The van der Waals surface area contributed by atoms with Crippen molar-refractivity contribution in [3.05, 3.63) is 35.9 Å². The van der Waals surface area contributed by atoms with Gasteiger partial charge in [0.1, 0.15) is 0 Å². The maximum absolute atomic E-state index is 4.52. The van der Waals surface area contributed by atoms with Crippen LogP contribution in [0.15, 0.2) is 24.5 Å². The predicted molar refractivity (Wildman–Crippen MR) is 74.2 cm³/mol. The second-order valence-corrected chi connectivity index (χ2v) is 4.96. The van der Waals surface area contributed by atoms with E-state index in [1.54, 1.807) is 0 Å². The summed E-state index contributed by atoms with van der Waals surface area (Å²) in [5.74, 6) is 1.47. The van der Waals surface area contributed by atoms with E-state index in [-0.39, 0.29) is 0 Å². The zero-order chi connectivity index (χ0) is 13.1. The zero-order valence-electron chi connectivity index (χ0n) is 11.4. The molecule has 2 aromatic rings. The number of nitrogens with zero attached hydrogens (tertiary/aromatic N) is 3. The third-order valence-electron chi connectivity index (χ3n) is 2.73. The number of aromatic nitrogens is 3. The van der Waals surface area contributed by atoms with Crippen molar-refractivity contribution in [1.29, 1.82) is 0 Å². The molecule has 0 spiro atoms. The predicted octanol–water partition coefficient (Wildman–Crippen LogP) is 2.95. The fraction of sp³-hybridized carbons (Fsp3) is 0.429. The first kappa shape index (κ1) is 12.6. The van der Waals surface area contributed by atoms with Crippen molar-refractivity contribution in [3.8, 4) is 5.69 Å². The summed E-state index contributed by atoms with van der Waals surface area (Å²) in [5.41, 5.74) is 3.08. The fourth-order valence-electron chi connectivity index (χ4n) is 1.83. The molecule has 2 aromatic heterocycles. The van der Waals surface area contributed by atoms with Gasteiger partial charge in [0.15, 0.2) is 0 Å². The molecule has 0 unspecified atom stereocenters. The highest BCUT2D eigenvalue weighted by Gasteiger charge is 2.09. The monoisotopic (exact) mass is 244 g/mol. The van der Waals surface area contributed by atoms with E-state index < -0.39 is 0 Å². The van der Waals surface area contributed by atoms with E-state index in [1.807, 2.05) is 32.3 Å². The number of anilines is 1. The Bertz CT molecular complexity index is 528. The second kappa shape index (κ2) is 5.21. The lowest BCUT2D eigenvalue weighted by molar-refractivity contribution is 0.683. The van der Waals surface area contributed by atoms with E-state index >= 15 is 0 Å². The molecule has 0 saturated carbocycles. The summed E-state index contributed by atoms with van der Waals surface area (Å²) in [5, 5.41) is 3.38. The Morgan fingerprint density at radius 1 is 1.33 bits per heavy atom. The van der Waals surface area contributed by atoms with Crippen molar-refractivity contribution in [1.82, 2.24) is 14.5 Å². The van der Waals surface area contributed by atoms with Gasteiger partial charge in [0.2, 0.25) is 5.95 Å². The SMILES string of the molecule is Cc1cn(-c2cccnc2C)c(NCC(C)C)n1. The van der Waals surface area contributed by atoms with E-state index in [4.69, 9.17) is 0 Å². The fourth-order valence-corrected chi connectivity index (χ4v) is 1.83. The number of pyridine rings is 1. The summed E-state index contributed by atoms with van der Waals surface area (Å²) in [6, 6.07) is 4.01. The topological polar surface area (TPSA) is 42.7 Å². The molecule has 18 heavy (non-hydrogen) atoms. The van der Waals surface area contributed by atoms with Gasteiger partial charge >= 0.3 is 0 Å². The molecule has 96 valence electrons. The van der Waals surface area contributed by atoms with Crippen LogP contribution in [0, 0.1) is 19.8 Å². The Morgan fingerprint density at radius 2 is 2.11 bits per heavy atom. The van der Waals surface area contributed by atoms with E-state index in [0.29, 0.717) is 5.92 Å². The third kappa shape index (κ3) is 2.70. The third-order valence-corrected chi connectivity index (χ3v) is 2.73. The largest absolute Gasteiger partial charge is 0.355 e. The molecule has 0 aliphatic carbocycles. The quantitative estimate of drug-likeness (QED) is 0.899. The molecule has 1 N–H and O–H groups in total. The molecule has 0 saturated heterocycles. The minimum absolute atomic E-state index is 0.588. The molecule has 4 nitrogen and oxygen atoms in total. The van der Waals surface area contributed by atoms with Crippen molar-refractivity contribution in [3.63, 3.8) is 0 Å². The Hall–Kier alpha value is -1.84. The Labute approximate surface area is 108 Å². The first-order chi connectivity index (χ1) is 8.58. The molecule has 0 radical (unpaired) electrons. The van der Waals surface area contributed by atoms with Crippen LogP contribution in [0.4, 0.5) is 5.95 Å². The van der Waals surface area contributed by atoms with E-state index in [2.05, 4.69) is 39.8 Å². The van der Waals surface area contributed by atoms with Gasteiger partial charge in [-0.2, -0.15) is 0 Å². The van der Waals surface area contributed by atoms with Crippen LogP contribution in [-0.4, -0.2) is 21.1 Å². The average Bonchev–Trinajstić information content (AvgIpc) is 2.68. The van der Waals surface area contributed by atoms with Crippen LogP contribution in [0.5, 0.6) is 0 Å². The molecule has 0 aliphatic heterocycles. The van der Waals surface area contributed by atoms with Crippen LogP contribution in [0.25, 0.3) is 5.69 Å². The number of nitrogens with one attached hydrogen (secondary N) is 1. The molecule has 0 atom stereocenters. The molecule has 0 bridgehead atoms. The number of aryl methyl sites for hydroxylation is 2. The summed E-state index contributed by atoms with van der Waals surface area (Å²) < 4.78 is 2.07. The standard InChI is InChI=1S/C14H20N4/c1-10(2)8-16-14-17-11(3)9-18(14)13-6-5-7-15-12(13)4/h5-7,9-10H,8H2,1-4H3,(H,16,17). The molecule has 0 amide bonds. The highest BCUT2D eigenvalue weighted by atomic mass is 15.2. The van der Waals surface area contributed by atoms with Crippen LogP contribution >= 0.6 is 0 Å². The Morgan fingerprint density at radius 3 is 2.78 bits per heavy atom. The molecule has 2 rings (SSSR count). The zero-order valence-corrected chi connectivity index (χ0v) is 11.4. The minimum Gasteiger partial charge on any atom is -0.355 e. The summed E-state index contributed by atoms with van der Waals surface area (Å²) in [4.78, 5) is 8.85. The summed E-state index contributed by atoms with van der Waals surface area (Å²) in [6.45, 7) is 9.29. The number of imidazole rings is 1. The van der Waals surface area contributed by atoms with Gasteiger partial charge in [-0.3, -0.25) is 9.55 Å². The first-order valence-electron chi connectivity index (χ1n) is 6.29. The maximum atomic E-state index is 4.52. The lowest BCUT2D eigenvalue weighted by Gasteiger charge is -2.12. The van der Waals surface area contributed by atoms with Gasteiger partial charge in [0.25, 0.3) is 0 Å². The van der Waals surface area contributed by atoms with E-state index in [0.717, 1.165) is 29.6 Å². The lowest BCUT2D eigenvalue weighted by Crippen LogP contribution is -2.12. The van der Waals surface area contributed by atoms with Gasteiger partial charge in [-0.05, 0) is 31.9 Å². The van der Waals surface area contributed by atoms with Crippen molar-refractivity contribution in [2.24, 2.45) is 5.92 Å². The highest BCUT2D eigenvalue weighted by molar-refractivity contribution is 5.45. The summed E-state index contributed by atoms with van der Waals surface area (Å²) >= 11 is 0. The van der Waals surface area contributed by atoms with Gasteiger partial charge in [-0.25, -0.2) is 4.98 Å². The number of hydrogen-bond acceptors (Lipinski definition) is 3. The molecule has 0 fully saturated rings. The molecule has 4 heteroatoms. The van der Waals surface area contributed by atoms with Crippen molar-refractivity contribution in [2.45, 2.75) is 27.7 Å². The van der Waals surface area contributed by atoms with Crippen LogP contribution in [0.1, 0.15) is 25.2 Å². The Balaban J connectivity index is 2.36. The smallest absolute Gasteiger partial charge is 0.207 e. The summed E-state index contributed by atoms with van der Waals surface area (Å²) in [7, 11) is 0. The average molecular weight is 244 g/mol. The Kier molecular flexibility index (Phi) is 3.65. The summed E-state index contributed by atoms with van der Waals surface area (Å²) in [6.07, 6.45) is 3.84. The van der Waals surface area contributed by atoms with Crippen LogP contribution in [0.2, 0.25) is 0 Å².